The summed E-state index contributed by atoms with van der Waals surface area (Å²) in [6.07, 6.45) is 42.5. The highest BCUT2D eigenvalue weighted by Crippen LogP contribution is 2.16. The highest BCUT2D eigenvalue weighted by Gasteiger charge is 2.31. The molecule has 0 aliphatic carbocycles. The molecule has 0 saturated carbocycles. The Bertz CT molecular complexity index is 931. The number of carboxylic acid groups (broad SMARTS) is 1. The van der Waals surface area contributed by atoms with Crippen molar-refractivity contribution in [2.45, 2.75) is 238 Å². The maximum atomic E-state index is 12.7. The minimum Gasteiger partial charge on any atom is -0.477 e. The van der Waals surface area contributed by atoms with Gasteiger partial charge in [-0.25, -0.2) is 4.79 Å². The van der Waals surface area contributed by atoms with Crippen LogP contribution in [0.5, 0.6) is 0 Å². The smallest absolute Gasteiger partial charge is 0.362 e. The number of likely N-dealkylation sites (N-methyl/N-ethyl adjacent to an activating group) is 1. The monoisotopic (exact) mass is 795 g/mol. The number of nitrogens with zero attached hydrogens (tertiary/aromatic N) is 1. The molecule has 2 unspecified atom stereocenters. The van der Waals surface area contributed by atoms with Crippen LogP contribution in [-0.2, 0) is 28.6 Å². The maximum absolute atomic E-state index is 12.7. The first-order chi connectivity index (χ1) is 27.1. The zero-order chi connectivity index (χ0) is 41.4. The van der Waals surface area contributed by atoms with Crippen LogP contribution in [0.2, 0.25) is 0 Å². The number of hydrogen-bond acceptors (Lipinski definition) is 6. The third-order valence-electron chi connectivity index (χ3n) is 10.9. The zero-order valence-electron chi connectivity index (χ0n) is 37.6. The van der Waals surface area contributed by atoms with Crippen LogP contribution in [-0.4, -0.2) is 80.6 Å². The minimum absolute atomic E-state index is 0.0507. The van der Waals surface area contributed by atoms with E-state index in [0.717, 1.165) is 51.4 Å². The largest absolute Gasteiger partial charge is 0.477 e. The Hall–Kier alpha value is -1.93. The summed E-state index contributed by atoms with van der Waals surface area (Å²) in [7, 11) is 5.53. The van der Waals surface area contributed by atoms with Gasteiger partial charge in [0.1, 0.15) is 6.61 Å². The van der Waals surface area contributed by atoms with Crippen molar-refractivity contribution in [2.24, 2.45) is 0 Å². The number of esters is 2. The normalized spacial score (nSPS) is 12.9. The van der Waals surface area contributed by atoms with E-state index in [2.05, 4.69) is 26.0 Å². The fourth-order valence-electron chi connectivity index (χ4n) is 7.21. The molecule has 0 aromatic rings. The van der Waals surface area contributed by atoms with Crippen molar-refractivity contribution in [3.05, 3.63) is 12.2 Å². The maximum Gasteiger partial charge on any atom is 0.362 e. The molecule has 0 aliphatic heterocycles. The molecule has 330 valence electrons. The average molecular weight is 795 g/mol. The molecule has 8 heteroatoms. The van der Waals surface area contributed by atoms with E-state index in [0.29, 0.717) is 19.3 Å². The number of carboxylic acids is 1. The summed E-state index contributed by atoms with van der Waals surface area (Å²) in [6.45, 7) is 4.75. The van der Waals surface area contributed by atoms with Gasteiger partial charge in [-0.1, -0.05) is 180 Å². The van der Waals surface area contributed by atoms with Gasteiger partial charge < -0.3 is 23.8 Å². The van der Waals surface area contributed by atoms with Crippen molar-refractivity contribution in [3.63, 3.8) is 0 Å². The molecular weight excluding hydrogens is 703 g/mol. The van der Waals surface area contributed by atoms with Crippen LogP contribution >= 0.6 is 0 Å². The fourth-order valence-corrected chi connectivity index (χ4v) is 7.21. The van der Waals surface area contributed by atoms with Crippen molar-refractivity contribution in [2.75, 3.05) is 41.0 Å². The molecule has 1 N–H and O–H groups in total. The van der Waals surface area contributed by atoms with Crippen LogP contribution in [0.3, 0.4) is 0 Å². The summed E-state index contributed by atoms with van der Waals surface area (Å²) in [4.78, 5) is 37.0. The van der Waals surface area contributed by atoms with Crippen LogP contribution in [0, 0.1) is 0 Å². The van der Waals surface area contributed by atoms with Gasteiger partial charge in [-0.15, -0.1) is 0 Å². The molecule has 0 aromatic heterocycles. The molecule has 0 radical (unpaired) electrons. The quantitative estimate of drug-likeness (QED) is 0.0284. The molecule has 0 amide bonds. The van der Waals surface area contributed by atoms with Crippen molar-refractivity contribution in [1.82, 2.24) is 0 Å². The number of rotatable bonds is 43. The average Bonchev–Trinajstić information content (AvgIpc) is 3.15. The highest BCUT2D eigenvalue weighted by atomic mass is 16.6. The third-order valence-corrected chi connectivity index (χ3v) is 10.9. The Morgan fingerprint density at radius 1 is 0.518 bits per heavy atom. The number of quaternary nitrogens is 1. The van der Waals surface area contributed by atoms with E-state index in [1.807, 2.05) is 21.1 Å². The van der Waals surface area contributed by atoms with Crippen LogP contribution in [0.4, 0.5) is 0 Å². The Labute approximate surface area is 346 Å². The third kappa shape index (κ3) is 37.6. The molecular formula is C48H92NO7+. The molecule has 2 atom stereocenters. The van der Waals surface area contributed by atoms with Crippen molar-refractivity contribution < 1.29 is 38.2 Å². The Morgan fingerprint density at radius 2 is 0.893 bits per heavy atom. The highest BCUT2D eigenvalue weighted by molar-refractivity contribution is 5.72. The Balaban J connectivity index is 4.26. The minimum atomic E-state index is -0.874. The van der Waals surface area contributed by atoms with Crippen molar-refractivity contribution in [1.29, 1.82) is 0 Å². The van der Waals surface area contributed by atoms with Crippen molar-refractivity contribution in [3.8, 4) is 0 Å². The summed E-state index contributed by atoms with van der Waals surface area (Å²) in [6, 6.07) is -0.613. The lowest BCUT2D eigenvalue weighted by Crippen LogP contribution is -2.50. The van der Waals surface area contributed by atoms with E-state index in [1.54, 1.807) is 0 Å². The predicted octanol–water partition coefficient (Wildman–Crippen LogP) is 13.1. The molecule has 0 heterocycles. The first kappa shape index (κ1) is 54.1. The molecule has 8 nitrogen and oxygen atoms in total. The summed E-state index contributed by atoms with van der Waals surface area (Å²) < 4.78 is 17.3. The van der Waals surface area contributed by atoms with Gasteiger partial charge in [0.15, 0.2) is 12.1 Å². The van der Waals surface area contributed by atoms with Crippen LogP contribution in [0.25, 0.3) is 0 Å². The SMILES string of the molecule is CCCCCCCCC/C=C/CCCCCC(=O)OC(COCCC(C(=O)O)[N+](C)(C)C)COC(=O)CCCCCCCCCCCCCCCCCCCC. The van der Waals surface area contributed by atoms with E-state index in [4.69, 9.17) is 14.2 Å². The molecule has 56 heavy (non-hydrogen) atoms. The van der Waals surface area contributed by atoms with E-state index in [1.165, 1.54) is 141 Å². The topological polar surface area (TPSA) is 99.1 Å². The van der Waals surface area contributed by atoms with E-state index < -0.39 is 18.1 Å². The van der Waals surface area contributed by atoms with E-state index in [9.17, 15) is 19.5 Å². The summed E-state index contributed by atoms with van der Waals surface area (Å²) in [5, 5.41) is 9.62. The number of ether oxygens (including phenoxy) is 3. The lowest BCUT2D eigenvalue weighted by Gasteiger charge is -2.31. The second-order valence-electron chi connectivity index (χ2n) is 17.4. The number of hydrogen-bond donors (Lipinski definition) is 1. The standard InChI is InChI=1S/C48H91NO7/c1-6-8-10-12-14-16-18-20-22-23-24-25-27-28-30-32-34-36-38-46(50)55-43-44(42-54-41-40-45(48(52)53)49(3,4)5)56-47(51)39-37-35-33-31-29-26-21-19-17-15-13-11-9-7-2/h26,29,44-45H,6-25,27-28,30-43H2,1-5H3/p+1/b29-26+. The fraction of sp³-hybridized carbons (Fsp3) is 0.896. The van der Waals surface area contributed by atoms with Gasteiger partial charge in [-0.3, -0.25) is 9.59 Å². The van der Waals surface area contributed by atoms with E-state index in [-0.39, 0.29) is 36.2 Å². The molecule has 0 bridgehead atoms. The Kier molecular flexibility index (Phi) is 38.5. The zero-order valence-corrected chi connectivity index (χ0v) is 37.6. The number of carbonyl (C=O) groups excluding carboxylic acids is 2. The number of unbranched alkanes of at least 4 members (excludes halogenated alkanes) is 27. The van der Waals surface area contributed by atoms with Gasteiger partial charge in [0.2, 0.25) is 0 Å². The first-order valence-electron chi connectivity index (χ1n) is 23.7. The molecule has 0 fully saturated rings. The van der Waals surface area contributed by atoms with Gasteiger partial charge >= 0.3 is 17.9 Å². The van der Waals surface area contributed by atoms with Gasteiger partial charge in [-0.2, -0.15) is 0 Å². The first-order valence-corrected chi connectivity index (χ1v) is 23.7. The summed E-state index contributed by atoms with van der Waals surface area (Å²) in [5.74, 6) is -1.47. The van der Waals surface area contributed by atoms with Gasteiger partial charge in [0, 0.05) is 19.3 Å². The molecule has 0 aliphatic rings. The molecule has 0 rings (SSSR count). The molecule has 0 spiro atoms. The second-order valence-corrected chi connectivity index (χ2v) is 17.4. The predicted molar refractivity (Wildman–Crippen MR) is 234 cm³/mol. The number of carbonyl (C=O) groups is 3. The second kappa shape index (κ2) is 39.9. The van der Waals surface area contributed by atoms with Crippen LogP contribution < -0.4 is 0 Å². The molecule has 0 saturated heterocycles. The molecule has 0 aromatic carbocycles. The summed E-state index contributed by atoms with van der Waals surface area (Å²) in [5.41, 5.74) is 0. The van der Waals surface area contributed by atoms with E-state index >= 15 is 0 Å². The van der Waals surface area contributed by atoms with Gasteiger partial charge in [0.05, 0.1) is 34.4 Å². The van der Waals surface area contributed by atoms with Gasteiger partial charge in [0.25, 0.3) is 0 Å². The van der Waals surface area contributed by atoms with Crippen LogP contribution in [0.15, 0.2) is 12.2 Å². The van der Waals surface area contributed by atoms with Crippen LogP contribution in [0.1, 0.15) is 226 Å². The Morgan fingerprint density at radius 3 is 1.30 bits per heavy atom. The van der Waals surface area contributed by atoms with Gasteiger partial charge in [-0.05, 0) is 38.5 Å². The number of allylic oxidation sites excluding steroid dienone is 2. The number of aliphatic carboxylic acids is 1. The lowest BCUT2D eigenvalue weighted by atomic mass is 10.0. The lowest BCUT2D eigenvalue weighted by molar-refractivity contribution is -0.887. The summed E-state index contributed by atoms with van der Waals surface area (Å²) >= 11 is 0. The van der Waals surface area contributed by atoms with Crippen molar-refractivity contribution >= 4 is 17.9 Å².